The highest BCUT2D eigenvalue weighted by Crippen LogP contribution is 2.14. The third-order valence-corrected chi connectivity index (χ3v) is 2.17. The quantitative estimate of drug-likeness (QED) is 0.778. The van der Waals surface area contributed by atoms with Gasteiger partial charge in [-0.2, -0.15) is 0 Å². The zero-order valence-electron chi connectivity index (χ0n) is 9.05. The lowest BCUT2D eigenvalue weighted by Crippen LogP contribution is -2.29. The summed E-state index contributed by atoms with van der Waals surface area (Å²) in [5.41, 5.74) is 2.22. The van der Waals surface area contributed by atoms with Crippen molar-refractivity contribution in [2.24, 2.45) is 0 Å². The summed E-state index contributed by atoms with van der Waals surface area (Å²) in [7, 11) is 0. The van der Waals surface area contributed by atoms with Gasteiger partial charge in [-0.15, -0.1) is 0 Å². The van der Waals surface area contributed by atoms with Crippen LogP contribution in [0.3, 0.4) is 0 Å². The lowest BCUT2D eigenvalue weighted by atomic mass is 10.1. The molecule has 1 atom stereocenters. The van der Waals surface area contributed by atoms with E-state index in [9.17, 15) is 4.39 Å². The molecule has 1 N–H and O–H groups in total. The molecule has 1 aromatic rings. The Morgan fingerprint density at radius 1 is 1.21 bits per heavy atom. The second-order valence-corrected chi connectivity index (χ2v) is 3.94. The molecule has 0 radical (unpaired) electrons. The molecule has 1 unspecified atom stereocenters. The van der Waals surface area contributed by atoms with Gasteiger partial charge in [0.05, 0.1) is 6.04 Å². The van der Waals surface area contributed by atoms with E-state index in [2.05, 4.69) is 5.32 Å². The standard InChI is InChI=1S/C12H18FN/c1-9(2)14-12(8-13)11-6-4-10(3)5-7-11/h4-7,9,12,14H,8H2,1-3H3. The molecule has 0 aliphatic rings. The Hall–Kier alpha value is -0.890. The largest absolute Gasteiger partial charge is 0.306 e. The first-order valence-electron chi connectivity index (χ1n) is 5.02. The SMILES string of the molecule is Cc1ccc(C(CF)NC(C)C)cc1. The van der Waals surface area contributed by atoms with Crippen LogP contribution >= 0.6 is 0 Å². The molecule has 1 rings (SSSR count). The number of aryl methyl sites for hydroxylation is 1. The van der Waals surface area contributed by atoms with Crippen LogP contribution in [-0.2, 0) is 0 Å². The lowest BCUT2D eigenvalue weighted by molar-refractivity contribution is 0.362. The third kappa shape index (κ3) is 3.11. The predicted octanol–water partition coefficient (Wildman–Crippen LogP) is 3.00. The van der Waals surface area contributed by atoms with Gasteiger partial charge in [0.15, 0.2) is 0 Å². The summed E-state index contributed by atoms with van der Waals surface area (Å²) in [6, 6.07) is 8.12. The van der Waals surface area contributed by atoms with Gasteiger partial charge in [0.2, 0.25) is 0 Å². The average Bonchev–Trinajstić information content (AvgIpc) is 2.15. The first-order chi connectivity index (χ1) is 6.63. The minimum atomic E-state index is -0.360. The molecule has 1 nitrogen and oxygen atoms in total. The van der Waals surface area contributed by atoms with E-state index in [0.717, 1.165) is 5.56 Å². The Balaban J connectivity index is 2.73. The number of rotatable bonds is 4. The number of alkyl halides is 1. The summed E-state index contributed by atoms with van der Waals surface area (Å²) >= 11 is 0. The summed E-state index contributed by atoms with van der Waals surface area (Å²) in [6.45, 7) is 5.72. The summed E-state index contributed by atoms with van der Waals surface area (Å²) in [6.07, 6.45) is 0. The van der Waals surface area contributed by atoms with Crippen LogP contribution in [0.5, 0.6) is 0 Å². The molecule has 0 bridgehead atoms. The summed E-state index contributed by atoms with van der Waals surface area (Å²) in [4.78, 5) is 0. The second kappa shape index (κ2) is 5.11. The number of hydrogen-bond donors (Lipinski definition) is 1. The summed E-state index contributed by atoms with van der Waals surface area (Å²) < 4.78 is 12.7. The minimum absolute atomic E-state index is 0.171. The molecule has 2 heteroatoms. The Kier molecular flexibility index (Phi) is 4.08. The van der Waals surface area contributed by atoms with Crippen LogP contribution in [0, 0.1) is 6.92 Å². The van der Waals surface area contributed by atoms with Gasteiger partial charge in [0.25, 0.3) is 0 Å². The smallest absolute Gasteiger partial charge is 0.109 e. The molecule has 0 saturated carbocycles. The molecule has 0 aliphatic heterocycles. The molecular formula is C12H18FN. The fourth-order valence-electron chi connectivity index (χ4n) is 1.43. The van der Waals surface area contributed by atoms with Gasteiger partial charge in [-0.25, -0.2) is 4.39 Å². The van der Waals surface area contributed by atoms with Crippen molar-refractivity contribution in [1.29, 1.82) is 0 Å². The maximum atomic E-state index is 12.7. The molecule has 78 valence electrons. The molecule has 0 amide bonds. The van der Waals surface area contributed by atoms with Crippen molar-refractivity contribution in [3.63, 3.8) is 0 Å². The molecule has 14 heavy (non-hydrogen) atoms. The first-order valence-corrected chi connectivity index (χ1v) is 5.02. The van der Waals surface area contributed by atoms with Crippen molar-refractivity contribution in [3.8, 4) is 0 Å². The van der Waals surface area contributed by atoms with E-state index in [4.69, 9.17) is 0 Å². The summed E-state index contributed by atoms with van der Waals surface area (Å²) in [5, 5.41) is 3.19. The van der Waals surface area contributed by atoms with Gasteiger partial charge < -0.3 is 5.32 Å². The van der Waals surface area contributed by atoms with Crippen LogP contribution in [0.2, 0.25) is 0 Å². The number of benzene rings is 1. The highest BCUT2D eigenvalue weighted by Gasteiger charge is 2.11. The van der Waals surface area contributed by atoms with Crippen LogP contribution < -0.4 is 5.32 Å². The molecular weight excluding hydrogens is 177 g/mol. The minimum Gasteiger partial charge on any atom is -0.306 e. The maximum absolute atomic E-state index is 12.7. The van der Waals surface area contributed by atoms with E-state index in [1.54, 1.807) is 0 Å². The van der Waals surface area contributed by atoms with Gasteiger partial charge in [-0.3, -0.25) is 0 Å². The van der Waals surface area contributed by atoms with Gasteiger partial charge in [0, 0.05) is 6.04 Å². The average molecular weight is 195 g/mol. The number of hydrogen-bond acceptors (Lipinski definition) is 1. The van der Waals surface area contributed by atoms with Crippen molar-refractivity contribution in [3.05, 3.63) is 35.4 Å². The maximum Gasteiger partial charge on any atom is 0.109 e. The Morgan fingerprint density at radius 3 is 2.21 bits per heavy atom. The second-order valence-electron chi connectivity index (χ2n) is 3.94. The zero-order valence-corrected chi connectivity index (χ0v) is 9.05. The monoisotopic (exact) mass is 195 g/mol. The van der Waals surface area contributed by atoms with E-state index in [1.165, 1.54) is 5.56 Å². The van der Waals surface area contributed by atoms with Crippen LogP contribution in [0.15, 0.2) is 24.3 Å². The fraction of sp³-hybridized carbons (Fsp3) is 0.500. The predicted molar refractivity (Wildman–Crippen MR) is 58.2 cm³/mol. The van der Waals surface area contributed by atoms with E-state index < -0.39 is 0 Å². The van der Waals surface area contributed by atoms with Gasteiger partial charge >= 0.3 is 0 Å². The lowest BCUT2D eigenvalue weighted by Gasteiger charge is -2.18. The van der Waals surface area contributed by atoms with E-state index in [-0.39, 0.29) is 12.7 Å². The molecule has 0 heterocycles. The topological polar surface area (TPSA) is 12.0 Å². The highest BCUT2D eigenvalue weighted by molar-refractivity contribution is 5.24. The van der Waals surface area contributed by atoms with Crippen molar-refractivity contribution in [2.45, 2.75) is 32.9 Å². The van der Waals surface area contributed by atoms with E-state index >= 15 is 0 Å². The van der Waals surface area contributed by atoms with E-state index in [0.29, 0.717) is 6.04 Å². The van der Waals surface area contributed by atoms with Gasteiger partial charge in [-0.1, -0.05) is 43.7 Å². The Bertz CT molecular complexity index is 266. The molecule has 0 aliphatic carbocycles. The van der Waals surface area contributed by atoms with Crippen LogP contribution in [0.4, 0.5) is 4.39 Å². The number of nitrogens with one attached hydrogen (secondary N) is 1. The Labute approximate surface area is 85.3 Å². The van der Waals surface area contributed by atoms with Gasteiger partial charge in [0.1, 0.15) is 6.67 Å². The van der Waals surface area contributed by atoms with Crippen molar-refractivity contribution in [1.82, 2.24) is 5.32 Å². The van der Waals surface area contributed by atoms with Crippen LogP contribution in [0.1, 0.15) is 31.0 Å². The molecule has 0 fully saturated rings. The van der Waals surface area contributed by atoms with E-state index in [1.807, 2.05) is 45.0 Å². The van der Waals surface area contributed by atoms with Gasteiger partial charge in [-0.05, 0) is 12.5 Å². The molecule has 1 aromatic carbocycles. The molecule has 0 spiro atoms. The van der Waals surface area contributed by atoms with Crippen LogP contribution in [-0.4, -0.2) is 12.7 Å². The number of halogens is 1. The van der Waals surface area contributed by atoms with Crippen molar-refractivity contribution in [2.75, 3.05) is 6.67 Å². The Morgan fingerprint density at radius 2 is 1.79 bits per heavy atom. The fourth-order valence-corrected chi connectivity index (χ4v) is 1.43. The molecule has 0 aromatic heterocycles. The summed E-state index contributed by atoms with van der Waals surface area (Å²) in [5.74, 6) is 0. The van der Waals surface area contributed by atoms with Crippen molar-refractivity contribution < 1.29 is 4.39 Å². The van der Waals surface area contributed by atoms with Crippen LogP contribution in [0.25, 0.3) is 0 Å². The third-order valence-electron chi connectivity index (χ3n) is 2.17. The highest BCUT2D eigenvalue weighted by atomic mass is 19.1. The van der Waals surface area contributed by atoms with Crippen molar-refractivity contribution >= 4 is 0 Å². The first kappa shape index (κ1) is 11.2. The normalized spacial score (nSPS) is 13.2. The molecule has 0 saturated heterocycles. The zero-order chi connectivity index (χ0) is 10.6.